The van der Waals surface area contributed by atoms with Crippen LogP contribution in [0.3, 0.4) is 0 Å². The minimum absolute atomic E-state index is 0.197. The highest BCUT2D eigenvalue weighted by Gasteiger charge is 2.05. The molecule has 0 aromatic heterocycles. The van der Waals surface area contributed by atoms with E-state index in [1.807, 2.05) is 54.6 Å². The molecule has 3 aromatic rings. The maximum Gasteiger partial charge on any atom is 0.271 e. The summed E-state index contributed by atoms with van der Waals surface area (Å²) in [6, 6.07) is 24.0. The molecule has 6 heteroatoms. The zero-order valence-corrected chi connectivity index (χ0v) is 16.0. The molecule has 0 saturated heterocycles. The topological polar surface area (TPSA) is 79.8 Å². The molecule has 0 aliphatic heterocycles. The van der Waals surface area contributed by atoms with Crippen molar-refractivity contribution in [2.24, 2.45) is 5.10 Å². The highest BCUT2D eigenvalue weighted by molar-refractivity contribution is 5.97. The summed E-state index contributed by atoms with van der Waals surface area (Å²) >= 11 is 0. The van der Waals surface area contributed by atoms with Crippen LogP contribution in [0.25, 0.3) is 0 Å². The van der Waals surface area contributed by atoms with Gasteiger partial charge in [0, 0.05) is 18.2 Å². The molecule has 0 fully saturated rings. The molecule has 29 heavy (non-hydrogen) atoms. The number of benzene rings is 3. The van der Waals surface area contributed by atoms with Crippen LogP contribution in [-0.2, 0) is 11.4 Å². The number of nitrogens with one attached hydrogen (secondary N) is 2. The Morgan fingerprint density at radius 1 is 0.966 bits per heavy atom. The van der Waals surface area contributed by atoms with E-state index in [0.717, 1.165) is 16.9 Å². The molecule has 3 rings (SSSR count). The minimum Gasteiger partial charge on any atom is -0.489 e. The second kappa shape index (κ2) is 9.85. The van der Waals surface area contributed by atoms with Gasteiger partial charge in [0.1, 0.15) is 12.4 Å². The summed E-state index contributed by atoms with van der Waals surface area (Å²) in [6.07, 6.45) is 1.55. The number of hydrogen-bond acceptors (Lipinski definition) is 4. The van der Waals surface area contributed by atoms with Crippen LogP contribution in [0.4, 0.5) is 5.69 Å². The number of carbonyl (C=O) groups is 2. The average Bonchev–Trinajstić information content (AvgIpc) is 2.73. The Labute approximate surface area is 169 Å². The number of carbonyl (C=O) groups excluding carboxylic acids is 2. The zero-order chi connectivity index (χ0) is 20.5. The van der Waals surface area contributed by atoms with Gasteiger partial charge in [-0.25, -0.2) is 5.43 Å². The lowest BCUT2D eigenvalue weighted by atomic mass is 10.2. The molecule has 0 atom stereocenters. The summed E-state index contributed by atoms with van der Waals surface area (Å²) in [5.74, 6) is 0.192. The number of hydrogen-bond donors (Lipinski definition) is 2. The second-order valence-electron chi connectivity index (χ2n) is 6.30. The third-order valence-corrected chi connectivity index (χ3v) is 3.95. The fraction of sp³-hybridized carbons (Fsp3) is 0.0870. The Bertz CT molecular complexity index is 999. The molecule has 2 N–H and O–H groups in total. The number of hydrazone groups is 1. The van der Waals surface area contributed by atoms with Crippen molar-refractivity contribution in [1.29, 1.82) is 0 Å². The van der Waals surface area contributed by atoms with Crippen molar-refractivity contribution in [3.05, 3.63) is 95.6 Å². The molecule has 0 bridgehead atoms. The average molecular weight is 387 g/mol. The number of rotatable bonds is 7. The molecule has 0 aliphatic carbocycles. The molecule has 6 nitrogen and oxygen atoms in total. The summed E-state index contributed by atoms with van der Waals surface area (Å²) < 4.78 is 5.74. The van der Waals surface area contributed by atoms with E-state index in [1.54, 1.807) is 30.5 Å². The molecular weight excluding hydrogens is 366 g/mol. The molecule has 0 heterocycles. The standard InChI is InChI=1S/C23H21N3O3/c1-17(27)25-21-9-5-8-20(14-21)23(28)26-24-15-18-10-12-22(13-11-18)29-16-19-6-3-2-4-7-19/h2-15H,16H2,1H3,(H,25,27)(H,26,28)/b24-15-. The Hall–Kier alpha value is -3.93. The Morgan fingerprint density at radius 2 is 1.72 bits per heavy atom. The van der Waals surface area contributed by atoms with Crippen molar-refractivity contribution in [2.75, 3.05) is 5.32 Å². The number of ether oxygens (including phenoxy) is 1. The van der Waals surface area contributed by atoms with Gasteiger partial charge in [-0.3, -0.25) is 9.59 Å². The fourth-order valence-corrected chi connectivity index (χ4v) is 2.56. The van der Waals surface area contributed by atoms with Crippen LogP contribution in [0.2, 0.25) is 0 Å². The van der Waals surface area contributed by atoms with E-state index >= 15 is 0 Å². The number of nitrogens with zero attached hydrogens (tertiary/aromatic N) is 1. The highest BCUT2D eigenvalue weighted by atomic mass is 16.5. The molecule has 146 valence electrons. The highest BCUT2D eigenvalue weighted by Crippen LogP contribution is 2.14. The van der Waals surface area contributed by atoms with Crippen molar-refractivity contribution in [2.45, 2.75) is 13.5 Å². The van der Waals surface area contributed by atoms with E-state index in [1.165, 1.54) is 6.92 Å². The van der Waals surface area contributed by atoms with E-state index in [9.17, 15) is 9.59 Å². The van der Waals surface area contributed by atoms with Crippen LogP contribution in [0.15, 0.2) is 84.0 Å². The van der Waals surface area contributed by atoms with Gasteiger partial charge < -0.3 is 10.1 Å². The van der Waals surface area contributed by atoms with Crippen molar-refractivity contribution >= 4 is 23.7 Å². The van der Waals surface area contributed by atoms with E-state index in [0.29, 0.717) is 17.9 Å². The van der Waals surface area contributed by atoms with E-state index < -0.39 is 0 Å². The lowest BCUT2D eigenvalue weighted by Gasteiger charge is -2.06. The lowest BCUT2D eigenvalue weighted by Crippen LogP contribution is -2.18. The number of amides is 2. The van der Waals surface area contributed by atoms with Gasteiger partial charge in [-0.2, -0.15) is 5.10 Å². The summed E-state index contributed by atoms with van der Waals surface area (Å²) in [6.45, 7) is 1.91. The van der Waals surface area contributed by atoms with Crippen LogP contribution in [0.5, 0.6) is 5.75 Å². The monoisotopic (exact) mass is 387 g/mol. The van der Waals surface area contributed by atoms with Crippen molar-refractivity contribution < 1.29 is 14.3 Å². The Kier molecular flexibility index (Phi) is 6.73. The van der Waals surface area contributed by atoms with Crippen LogP contribution < -0.4 is 15.5 Å². The quantitative estimate of drug-likeness (QED) is 0.475. The van der Waals surface area contributed by atoms with E-state index in [4.69, 9.17) is 4.74 Å². The van der Waals surface area contributed by atoms with Crippen molar-refractivity contribution in [1.82, 2.24) is 5.43 Å². The first-order chi connectivity index (χ1) is 14.1. The molecule has 0 unspecified atom stereocenters. The number of anilines is 1. The summed E-state index contributed by atoms with van der Waals surface area (Å²) in [4.78, 5) is 23.3. The first kappa shape index (κ1) is 19.8. The summed E-state index contributed by atoms with van der Waals surface area (Å²) in [5.41, 5.74) is 5.36. The van der Waals surface area contributed by atoms with Gasteiger partial charge in [0.25, 0.3) is 5.91 Å². The Balaban J connectivity index is 1.52. The maximum atomic E-state index is 12.2. The molecule has 0 radical (unpaired) electrons. The van der Waals surface area contributed by atoms with Crippen LogP contribution >= 0.6 is 0 Å². The lowest BCUT2D eigenvalue weighted by molar-refractivity contribution is -0.114. The Morgan fingerprint density at radius 3 is 2.45 bits per heavy atom. The van der Waals surface area contributed by atoms with Gasteiger partial charge in [-0.15, -0.1) is 0 Å². The van der Waals surface area contributed by atoms with Crippen LogP contribution in [0, 0.1) is 0 Å². The zero-order valence-electron chi connectivity index (χ0n) is 16.0. The molecule has 3 aromatic carbocycles. The third-order valence-electron chi connectivity index (χ3n) is 3.95. The fourth-order valence-electron chi connectivity index (χ4n) is 2.56. The molecule has 0 spiro atoms. The second-order valence-corrected chi connectivity index (χ2v) is 6.30. The first-order valence-electron chi connectivity index (χ1n) is 9.08. The van der Waals surface area contributed by atoms with Crippen molar-refractivity contribution in [3.63, 3.8) is 0 Å². The normalized spacial score (nSPS) is 10.5. The van der Waals surface area contributed by atoms with Gasteiger partial charge >= 0.3 is 0 Å². The van der Waals surface area contributed by atoms with Crippen LogP contribution in [0.1, 0.15) is 28.4 Å². The molecule has 0 aliphatic rings. The smallest absolute Gasteiger partial charge is 0.271 e. The van der Waals surface area contributed by atoms with Gasteiger partial charge in [-0.1, -0.05) is 36.4 Å². The predicted molar refractivity (Wildman–Crippen MR) is 113 cm³/mol. The van der Waals surface area contributed by atoms with Crippen LogP contribution in [-0.4, -0.2) is 18.0 Å². The third kappa shape index (κ3) is 6.32. The van der Waals surface area contributed by atoms with E-state index in [2.05, 4.69) is 15.8 Å². The van der Waals surface area contributed by atoms with Gasteiger partial charge in [0.15, 0.2) is 0 Å². The van der Waals surface area contributed by atoms with Gasteiger partial charge in [-0.05, 0) is 53.6 Å². The predicted octanol–water partition coefficient (Wildman–Crippen LogP) is 3.99. The summed E-state index contributed by atoms with van der Waals surface area (Å²) in [5, 5.41) is 6.62. The SMILES string of the molecule is CC(=O)Nc1cccc(C(=O)N/N=C\c2ccc(OCc3ccccc3)cc2)c1. The first-order valence-corrected chi connectivity index (χ1v) is 9.08. The molecular formula is C23H21N3O3. The molecule has 0 saturated carbocycles. The largest absolute Gasteiger partial charge is 0.489 e. The van der Waals surface area contributed by atoms with E-state index in [-0.39, 0.29) is 11.8 Å². The minimum atomic E-state index is -0.365. The van der Waals surface area contributed by atoms with Crippen molar-refractivity contribution in [3.8, 4) is 5.75 Å². The summed E-state index contributed by atoms with van der Waals surface area (Å²) in [7, 11) is 0. The maximum absolute atomic E-state index is 12.2. The van der Waals surface area contributed by atoms with Gasteiger partial charge in [0.2, 0.25) is 5.91 Å². The molecule has 2 amide bonds. The van der Waals surface area contributed by atoms with Gasteiger partial charge in [0.05, 0.1) is 6.21 Å².